The molecule has 0 aromatic heterocycles. The highest BCUT2D eigenvalue weighted by Gasteiger charge is 2.17. The Morgan fingerprint density at radius 2 is 1.49 bits per heavy atom. The standard InChI is InChI=1S/C27H25FN2O7/c1-34-24-15-18(16-25(35-2)27(24)37-4)10-9-17-13-20(28)26(36-3)21(14-17)29-12-11-23(31)19-7-5-6-8-22(19)30(32)33/h5-16,29H,1-4H3. The summed E-state index contributed by atoms with van der Waals surface area (Å²) in [5.41, 5.74) is 1.09. The minimum atomic E-state index is -0.629. The van der Waals surface area contributed by atoms with Crippen LogP contribution in [0.15, 0.2) is 60.8 Å². The Labute approximate surface area is 212 Å². The summed E-state index contributed by atoms with van der Waals surface area (Å²) >= 11 is 0. The third kappa shape index (κ3) is 6.23. The second-order valence-electron chi connectivity index (χ2n) is 7.49. The first-order chi connectivity index (χ1) is 17.8. The fourth-order valence-electron chi connectivity index (χ4n) is 3.55. The molecule has 10 heteroatoms. The van der Waals surface area contributed by atoms with Crippen LogP contribution >= 0.6 is 0 Å². The number of ether oxygens (including phenoxy) is 4. The maximum absolute atomic E-state index is 14.7. The third-order valence-electron chi connectivity index (χ3n) is 5.27. The zero-order valence-electron chi connectivity index (χ0n) is 20.6. The van der Waals surface area contributed by atoms with Gasteiger partial charge in [-0.2, -0.15) is 0 Å². The minimum absolute atomic E-state index is 0.0623. The number of hydrogen-bond donors (Lipinski definition) is 1. The molecule has 3 aromatic carbocycles. The molecule has 1 N–H and O–H groups in total. The number of nitrogens with one attached hydrogen (secondary N) is 1. The molecule has 0 aliphatic rings. The molecule has 0 saturated heterocycles. The molecule has 3 rings (SSSR count). The first kappa shape index (κ1) is 26.7. The predicted molar refractivity (Wildman–Crippen MR) is 138 cm³/mol. The lowest BCUT2D eigenvalue weighted by Crippen LogP contribution is -2.02. The SMILES string of the molecule is COc1cc(C=Cc2cc(F)c(OC)c(NC=CC(=O)c3ccccc3[N+](=O)[O-])c2)cc(OC)c1OC. The lowest BCUT2D eigenvalue weighted by atomic mass is 10.1. The summed E-state index contributed by atoms with van der Waals surface area (Å²) in [7, 11) is 5.84. The van der Waals surface area contributed by atoms with Crippen LogP contribution in [-0.2, 0) is 0 Å². The van der Waals surface area contributed by atoms with Gasteiger partial charge in [0.05, 0.1) is 44.6 Å². The summed E-state index contributed by atoms with van der Waals surface area (Å²) in [4.78, 5) is 23.0. The van der Waals surface area contributed by atoms with E-state index in [1.807, 2.05) is 0 Å². The quantitative estimate of drug-likeness (QED) is 0.115. The molecule has 0 fully saturated rings. The number of hydrogen-bond acceptors (Lipinski definition) is 8. The van der Waals surface area contributed by atoms with Crippen molar-refractivity contribution in [3.05, 3.63) is 93.4 Å². The second kappa shape index (κ2) is 12.2. The van der Waals surface area contributed by atoms with Gasteiger partial charge in [0.15, 0.2) is 28.8 Å². The molecule has 0 radical (unpaired) electrons. The van der Waals surface area contributed by atoms with E-state index in [-0.39, 0.29) is 22.7 Å². The fraction of sp³-hybridized carbons (Fsp3) is 0.148. The van der Waals surface area contributed by atoms with Crippen LogP contribution in [0.1, 0.15) is 21.5 Å². The summed E-state index contributed by atoms with van der Waals surface area (Å²) < 4.78 is 35.9. The lowest BCUT2D eigenvalue weighted by molar-refractivity contribution is -0.385. The van der Waals surface area contributed by atoms with Crippen molar-refractivity contribution >= 4 is 29.3 Å². The van der Waals surface area contributed by atoms with Crippen molar-refractivity contribution in [2.75, 3.05) is 33.8 Å². The van der Waals surface area contributed by atoms with Crippen molar-refractivity contribution in [2.45, 2.75) is 0 Å². The van der Waals surface area contributed by atoms with Crippen LogP contribution in [0.5, 0.6) is 23.0 Å². The van der Waals surface area contributed by atoms with Gasteiger partial charge in [0, 0.05) is 18.3 Å². The molecule has 0 amide bonds. The molecule has 3 aromatic rings. The van der Waals surface area contributed by atoms with Gasteiger partial charge < -0.3 is 24.3 Å². The van der Waals surface area contributed by atoms with Crippen LogP contribution in [0.25, 0.3) is 12.2 Å². The number of rotatable bonds is 11. The molecule has 0 aliphatic carbocycles. The molecule has 0 aliphatic heterocycles. The number of nitrogens with zero attached hydrogens (tertiary/aromatic N) is 1. The molecule has 0 unspecified atom stereocenters. The summed E-state index contributed by atoms with van der Waals surface area (Å²) in [6, 6.07) is 12.0. The predicted octanol–water partition coefficient (Wildman–Crippen LogP) is 5.75. The molecular formula is C27H25FN2O7. The summed E-state index contributed by atoms with van der Waals surface area (Å²) in [6.45, 7) is 0. The van der Waals surface area contributed by atoms with E-state index in [1.54, 1.807) is 30.4 Å². The van der Waals surface area contributed by atoms with Crippen LogP contribution in [0.4, 0.5) is 15.8 Å². The van der Waals surface area contributed by atoms with Gasteiger partial charge in [-0.1, -0.05) is 24.3 Å². The van der Waals surface area contributed by atoms with Gasteiger partial charge in [-0.25, -0.2) is 4.39 Å². The van der Waals surface area contributed by atoms with Crippen LogP contribution in [0.3, 0.4) is 0 Å². The van der Waals surface area contributed by atoms with Crippen LogP contribution < -0.4 is 24.3 Å². The van der Waals surface area contributed by atoms with Crippen LogP contribution in [0, 0.1) is 15.9 Å². The Hall–Kier alpha value is -4.86. The van der Waals surface area contributed by atoms with Gasteiger partial charge in [-0.15, -0.1) is 0 Å². The van der Waals surface area contributed by atoms with Crippen LogP contribution in [0.2, 0.25) is 0 Å². The van der Waals surface area contributed by atoms with E-state index >= 15 is 0 Å². The van der Waals surface area contributed by atoms with Gasteiger partial charge in [-0.3, -0.25) is 14.9 Å². The molecule has 37 heavy (non-hydrogen) atoms. The lowest BCUT2D eigenvalue weighted by Gasteiger charge is -2.13. The molecule has 0 saturated carbocycles. The number of ketones is 1. The molecule has 192 valence electrons. The van der Waals surface area contributed by atoms with E-state index in [4.69, 9.17) is 18.9 Å². The highest BCUT2D eigenvalue weighted by Crippen LogP contribution is 2.39. The van der Waals surface area contributed by atoms with Gasteiger partial charge >= 0.3 is 0 Å². The van der Waals surface area contributed by atoms with Crippen molar-refractivity contribution in [1.82, 2.24) is 0 Å². The molecule has 9 nitrogen and oxygen atoms in total. The summed E-state index contributed by atoms with van der Waals surface area (Å²) in [5, 5.41) is 14.0. The number of allylic oxidation sites excluding steroid dienone is 1. The highest BCUT2D eigenvalue weighted by molar-refractivity contribution is 6.07. The highest BCUT2D eigenvalue weighted by atomic mass is 19.1. The number of nitro groups is 1. The summed E-state index contributed by atoms with van der Waals surface area (Å²) in [6.07, 6.45) is 5.81. The number of carbonyl (C=O) groups excluding carboxylic acids is 1. The molecule has 0 spiro atoms. The maximum Gasteiger partial charge on any atom is 0.280 e. The number of halogens is 1. The Morgan fingerprint density at radius 3 is 2.05 bits per heavy atom. The van der Waals surface area contributed by atoms with Crippen molar-refractivity contribution in [3.8, 4) is 23.0 Å². The minimum Gasteiger partial charge on any atom is -0.493 e. The topological polar surface area (TPSA) is 109 Å². The van der Waals surface area contributed by atoms with Crippen LogP contribution in [-0.4, -0.2) is 39.1 Å². The average Bonchev–Trinajstić information content (AvgIpc) is 2.90. The molecule has 0 atom stereocenters. The number of para-hydroxylation sites is 1. The van der Waals surface area contributed by atoms with E-state index in [2.05, 4.69) is 5.32 Å². The Balaban J connectivity index is 1.87. The van der Waals surface area contributed by atoms with E-state index in [9.17, 15) is 19.3 Å². The second-order valence-corrected chi connectivity index (χ2v) is 7.49. The molecular weight excluding hydrogens is 483 g/mol. The third-order valence-corrected chi connectivity index (χ3v) is 5.27. The Morgan fingerprint density at radius 1 is 0.892 bits per heavy atom. The number of anilines is 1. The smallest absolute Gasteiger partial charge is 0.280 e. The fourth-order valence-corrected chi connectivity index (χ4v) is 3.55. The largest absolute Gasteiger partial charge is 0.493 e. The number of methoxy groups -OCH3 is 4. The zero-order chi connectivity index (χ0) is 26.9. The van der Waals surface area contributed by atoms with E-state index in [0.717, 1.165) is 11.6 Å². The van der Waals surface area contributed by atoms with Gasteiger partial charge in [0.25, 0.3) is 5.69 Å². The molecule has 0 heterocycles. The first-order valence-electron chi connectivity index (χ1n) is 10.9. The zero-order valence-corrected chi connectivity index (χ0v) is 20.6. The van der Waals surface area contributed by atoms with Gasteiger partial charge in [0.1, 0.15) is 0 Å². The van der Waals surface area contributed by atoms with E-state index < -0.39 is 16.5 Å². The monoisotopic (exact) mass is 508 g/mol. The van der Waals surface area contributed by atoms with E-state index in [1.165, 1.54) is 65.0 Å². The summed E-state index contributed by atoms with van der Waals surface area (Å²) in [5.74, 6) is 0.114. The van der Waals surface area contributed by atoms with Crippen molar-refractivity contribution < 1.29 is 33.1 Å². The normalized spacial score (nSPS) is 10.9. The first-order valence-corrected chi connectivity index (χ1v) is 10.9. The average molecular weight is 509 g/mol. The maximum atomic E-state index is 14.7. The van der Waals surface area contributed by atoms with Crippen molar-refractivity contribution in [2.24, 2.45) is 0 Å². The van der Waals surface area contributed by atoms with Crippen molar-refractivity contribution in [1.29, 1.82) is 0 Å². The number of carbonyl (C=O) groups is 1. The number of nitro benzene ring substituents is 1. The van der Waals surface area contributed by atoms with Gasteiger partial charge in [-0.05, 0) is 41.5 Å². The van der Waals surface area contributed by atoms with Crippen molar-refractivity contribution in [3.63, 3.8) is 0 Å². The molecule has 0 bridgehead atoms. The van der Waals surface area contributed by atoms with Gasteiger partial charge in [0.2, 0.25) is 5.75 Å². The number of benzene rings is 3. The Kier molecular flexibility index (Phi) is 8.82. The van der Waals surface area contributed by atoms with E-state index in [0.29, 0.717) is 22.8 Å². The Bertz CT molecular complexity index is 1340.